The first-order valence-corrected chi connectivity index (χ1v) is 16.8. The topological polar surface area (TPSA) is 88.3 Å². The fraction of sp³-hybridized carbons (Fsp3) is 0.400. The van der Waals surface area contributed by atoms with E-state index in [9.17, 15) is 17.6 Å². The average molecular weight is 535 g/mol. The Labute approximate surface area is 210 Å². The van der Waals surface area contributed by atoms with Gasteiger partial charge in [0.2, 0.25) is 0 Å². The Kier molecular flexibility index (Phi) is 6.86. The number of halogens is 1. The number of anilines is 1. The van der Waals surface area contributed by atoms with Crippen LogP contribution in [0.4, 0.5) is 10.1 Å². The lowest BCUT2D eigenvalue weighted by molar-refractivity contribution is 0.172. The summed E-state index contributed by atoms with van der Waals surface area (Å²) in [7, 11) is -5.86. The fourth-order valence-electron chi connectivity index (χ4n) is 3.85. The van der Waals surface area contributed by atoms with Gasteiger partial charge in [0, 0.05) is 22.6 Å². The van der Waals surface area contributed by atoms with E-state index in [1.54, 1.807) is 12.1 Å². The van der Waals surface area contributed by atoms with Crippen LogP contribution in [0.5, 0.6) is 0 Å². The Morgan fingerprint density at radius 2 is 1.94 bits per heavy atom. The predicted octanol–water partition coefficient (Wildman–Crippen LogP) is 6.49. The van der Waals surface area contributed by atoms with Crippen LogP contribution >= 0.6 is 11.3 Å². The van der Waals surface area contributed by atoms with Crippen molar-refractivity contribution < 1.29 is 17.2 Å². The van der Waals surface area contributed by atoms with E-state index >= 15 is 0 Å². The zero-order chi connectivity index (χ0) is 25.6. The summed E-state index contributed by atoms with van der Waals surface area (Å²) in [5.74, 6) is -0.744. The smallest absolute Gasteiger partial charge is 0.271 e. The van der Waals surface area contributed by atoms with E-state index in [-0.39, 0.29) is 26.4 Å². The van der Waals surface area contributed by atoms with Crippen LogP contribution in [0.25, 0.3) is 16.3 Å². The molecule has 0 fully saturated rings. The number of nitrogens with one attached hydrogen (secondary N) is 2. The SMILES string of the molecule is CC(C)(C)[Si](C)(C)OC1CC=C(c2ccc(S(=O)(=O)Nc3cc4c(=O)[nH]ccc4cc3F)s2)CC1. The molecule has 1 aliphatic carbocycles. The van der Waals surface area contributed by atoms with Crippen LogP contribution in [0.15, 0.2) is 51.6 Å². The molecule has 1 atom stereocenters. The lowest BCUT2D eigenvalue weighted by Gasteiger charge is -2.40. The molecule has 0 amide bonds. The molecule has 0 saturated heterocycles. The van der Waals surface area contributed by atoms with Gasteiger partial charge in [-0.05, 0) is 78.7 Å². The predicted molar refractivity (Wildman–Crippen MR) is 144 cm³/mol. The maximum atomic E-state index is 14.6. The van der Waals surface area contributed by atoms with Gasteiger partial charge in [-0.25, -0.2) is 12.8 Å². The summed E-state index contributed by atoms with van der Waals surface area (Å²) in [4.78, 5) is 15.4. The number of H-pyrrole nitrogens is 1. The number of benzene rings is 1. The molecule has 2 heterocycles. The molecular formula is C25H31FN2O4S2Si. The number of sulfonamides is 1. The lowest BCUT2D eigenvalue weighted by Crippen LogP contribution is -2.44. The van der Waals surface area contributed by atoms with E-state index in [0.717, 1.165) is 47.1 Å². The van der Waals surface area contributed by atoms with Crippen LogP contribution in [0.3, 0.4) is 0 Å². The summed E-state index contributed by atoms with van der Waals surface area (Å²) < 4.78 is 49.5. The van der Waals surface area contributed by atoms with E-state index in [4.69, 9.17) is 4.43 Å². The Balaban J connectivity index is 1.50. The van der Waals surface area contributed by atoms with Crippen molar-refractivity contribution in [2.75, 3.05) is 4.72 Å². The van der Waals surface area contributed by atoms with Crippen molar-refractivity contribution >= 4 is 51.7 Å². The van der Waals surface area contributed by atoms with Crippen molar-refractivity contribution in [2.45, 2.75) is 68.5 Å². The van der Waals surface area contributed by atoms with Crippen molar-refractivity contribution in [3.63, 3.8) is 0 Å². The van der Waals surface area contributed by atoms with Gasteiger partial charge in [0.1, 0.15) is 10.0 Å². The van der Waals surface area contributed by atoms with Gasteiger partial charge in [-0.1, -0.05) is 26.8 Å². The maximum absolute atomic E-state index is 14.6. The number of hydrogen-bond acceptors (Lipinski definition) is 5. The third kappa shape index (κ3) is 5.45. The van der Waals surface area contributed by atoms with Gasteiger partial charge in [0.15, 0.2) is 8.32 Å². The quantitative estimate of drug-likeness (QED) is 0.354. The summed E-state index contributed by atoms with van der Waals surface area (Å²) >= 11 is 1.16. The van der Waals surface area contributed by atoms with Crippen LogP contribution in [-0.2, 0) is 14.4 Å². The second-order valence-corrected chi connectivity index (χ2v) is 18.2. The monoisotopic (exact) mass is 534 g/mol. The van der Waals surface area contributed by atoms with Crippen LogP contribution in [-0.4, -0.2) is 27.8 Å². The molecule has 1 unspecified atom stereocenters. The van der Waals surface area contributed by atoms with Gasteiger partial charge in [0.25, 0.3) is 15.6 Å². The molecular weight excluding hydrogens is 504 g/mol. The second-order valence-electron chi connectivity index (χ2n) is 10.5. The summed E-state index contributed by atoms with van der Waals surface area (Å²) in [6, 6.07) is 7.26. The lowest BCUT2D eigenvalue weighted by atomic mass is 9.96. The van der Waals surface area contributed by atoms with Crippen LogP contribution in [0.2, 0.25) is 18.1 Å². The number of rotatable bonds is 6. The minimum absolute atomic E-state index is 0.0921. The number of fused-ring (bicyclic) bond motifs is 1. The summed E-state index contributed by atoms with van der Waals surface area (Å²) in [5.41, 5.74) is 0.433. The molecule has 188 valence electrons. The third-order valence-corrected chi connectivity index (χ3v) is 14.5. The van der Waals surface area contributed by atoms with Crippen molar-refractivity contribution in [1.82, 2.24) is 4.98 Å². The molecule has 6 nitrogen and oxygen atoms in total. The van der Waals surface area contributed by atoms with Gasteiger partial charge >= 0.3 is 0 Å². The molecule has 0 saturated carbocycles. The minimum atomic E-state index is -4.02. The largest absolute Gasteiger partial charge is 0.414 e. The van der Waals surface area contributed by atoms with Gasteiger partial charge in [0.05, 0.1) is 5.69 Å². The minimum Gasteiger partial charge on any atom is -0.414 e. The number of pyridine rings is 1. The first-order chi connectivity index (χ1) is 16.3. The van der Waals surface area contributed by atoms with E-state index in [1.807, 2.05) is 0 Å². The molecule has 0 bridgehead atoms. The van der Waals surface area contributed by atoms with E-state index in [0.29, 0.717) is 5.39 Å². The van der Waals surface area contributed by atoms with Crippen molar-refractivity contribution in [3.8, 4) is 0 Å². The molecule has 0 radical (unpaired) electrons. The van der Waals surface area contributed by atoms with E-state index < -0.39 is 29.7 Å². The third-order valence-electron chi connectivity index (χ3n) is 6.90. The fourth-order valence-corrected chi connectivity index (χ4v) is 7.69. The number of allylic oxidation sites excluding steroid dienone is 1. The molecule has 0 aliphatic heterocycles. The van der Waals surface area contributed by atoms with Gasteiger partial charge in [-0.15, -0.1) is 11.3 Å². The number of aromatic amines is 1. The van der Waals surface area contributed by atoms with E-state index in [1.165, 1.54) is 18.3 Å². The second kappa shape index (κ2) is 9.31. The highest BCUT2D eigenvalue weighted by atomic mass is 32.2. The average Bonchev–Trinajstić information content (AvgIpc) is 3.26. The van der Waals surface area contributed by atoms with Crippen molar-refractivity contribution in [2.24, 2.45) is 0 Å². The number of aromatic nitrogens is 1. The standard InChI is InChI=1S/C25H31FN2O4S2Si/c1-25(2,3)35(4,5)32-18-8-6-16(7-9-18)22-10-11-23(33-22)34(30,31)28-21-15-19-17(14-20(21)26)12-13-27-24(19)29/h6,10-15,18,28H,7-9H2,1-5H3,(H,27,29). The zero-order valence-electron chi connectivity index (χ0n) is 20.6. The Morgan fingerprint density at radius 1 is 1.20 bits per heavy atom. The Bertz CT molecular complexity index is 1450. The molecule has 1 aromatic carbocycles. The Hall–Kier alpha value is -2.27. The summed E-state index contributed by atoms with van der Waals surface area (Å²) in [6.45, 7) is 11.2. The highest BCUT2D eigenvalue weighted by Crippen LogP contribution is 2.40. The molecule has 4 rings (SSSR count). The highest BCUT2D eigenvalue weighted by molar-refractivity contribution is 7.94. The maximum Gasteiger partial charge on any atom is 0.271 e. The van der Waals surface area contributed by atoms with Gasteiger partial charge in [-0.3, -0.25) is 9.52 Å². The normalized spacial score (nSPS) is 17.4. The molecule has 2 N–H and O–H groups in total. The summed E-state index contributed by atoms with van der Waals surface area (Å²) in [5, 5.41) is 0.756. The van der Waals surface area contributed by atoms with Crippen LogP contribution < -0.4 is 10.3 Å². The van der Waals surface area contributed by atoms with Crippen molar-refractivity contribution in [1.29, 1.82) is 0 Å². The van der Waals surface area contributed by atoms with Crippen LogP contribution in [0.1, 0.15) is 44.9 Å². The molecule has 1 aliphatic rings. The summed E-state index contributed by atoms with van der Waals surface area (Å²) in [6.07, 6.45) is 6.26. The highest BCUT2D eigenvalue weighted by Gasteiger charge is 2.39. The molecule has 2 aromatic heterocycles. The molecule has 35 heavy (non-hydrogen) atoms. The Morgan fingerprint density at radius 3 is 2.60 bits per heavy atom. The van der Waals surface area contributed by atoms with Crippen LogP contribution in [0, 0.1) is 5.82 Å². The zero-order valence-corrected chi connectivity index (χ0v) is 23.2. The first-order valence-electron chi connectivity index (χ1n) is 11.6. The molecule has 10 heteroatoms. The number of thiophene rings is 1. The van der Waals surface area contributed by atoms with Gasteiger partial charge in [-0.2, -0.15) is 0 Å². The van der Waals surface area contributed by atoms with E-state index in [2.05, 4.69) is 49.6 Å². The van der Waals surface area contributed by atoms with Gasteiger partial charge < -0.3 is 9.41 Å². The number of hydrogen-bond donors (Lipinski definition) is 2. The van der Waals surface area contributed by atoms with Crippen molar-refractivity contribution in [3.05, 3.63) is 63.7 Å². The first kappa shape index (κ1) is 25.8. The molecule has 0 spiro atoms. The molecule has 3 aromatic rings.